The van der Waals surface area contributed by atoms with Gasteiger partial charge in [-0.05, 0) is 36.2 Å². The second kappa shape index (κ2) is 5.83. The quantitative estimate of drug-likeness (QED) is 0.856. The molecule has 0 aliphatic heterocycles. The number of hydrogen-bond acceptors (Lipinski definition) is 2. The first-order valence-electron chi connectivity index (χ1n) is 5.76. The average molecular weight is 304 g/mol. The van der Waals surface area contributed by atoms with E-state index in [0.717, 1.165) is 33.3 Å². The first-order chi connectivity index (χ1) is 8.72. The van der Waals surface area contributed by atoms with E-state index in [1.807, 2.05) is 42.5 Å². The highest BCUT2D eigenvalue weighted by Gasteiger charge is 2.05. The Morgan fingerprint density at radius 2 is 1.83 bits per heavy atom. The first kappa shape index (κ1) is 12.8. The molecule has 0 aliphatic rings. The predicted octanol–water partition coefficient (Wildman–Crippen LogP) is 4.24. The van der Waals surface area contributed by atoms with Crippen molar-refractivity contribution in [2.75, 3.05) is 5.32 Å². The molecule has 92 valence electrons. The Bertz CT molecular complexity index is 566. The summed E-state index contributed by atoms with van der Waals surface area (Å²) in [5, 5.41) is 3.38. The van der Waals surface area contributed by atoms with Gasteiger partial charge in [-0.3, -0.25) is 0 Å². The van der Waals surface area contributed by atoms with Crippen molar-refractivity contribution < 1.29 is 4.79 Å². The maximum atomic E-state index is 10.7. The van der Waals surface area contributed by atoms with Crippen LogP contribution in [0.25, 0.3) is 0 Å². The van der Waals surface area contributed by atoms with Gasteiger partial charge in [-0.25, -0.2) is 0 Å². The summed E-state index contributed by atoms with van der Waals surface area (Å²) in [6, 6.07) is 13.9. The molecule has 0 amide bonds. The van der Waals surface area contributed by atoms with Crippen LogP contribution in [0.15, 0.2) is 46.9 Å². The number of nitrogens with one attached hydrogen (secondary N) is 1. The normalized spacial score (nSPS) is 10.1. The van der Waals surface area contributed by atoms with Crippen LogP contribution >= 0.6 is 15.9 Å². The minimum absolute atomic E-state index is 0.427. The number of para-hydroxylation sites is 1. The van der Waals surface area contributed by atoms with Crippen molar-refractivity contribution in [2.24, 2.45) is 0 Å². The van der Waals surface area contributed by atoms with Gasteiger partial charge in [0.15, 0.2) is 0 Å². The summed E-state index contributed by atoms with van der Waals surface area (Å²) in [6.45, 7) is 2.05. The van der Waals surface area contributed by atoms with Gasteiger partial charge in [0.1, 0.15) is 6.29 Å². The van der Waals surface area contributed by atoms with Crippen LogP contribution in [0.1, 0.15) is 11.1 Å². The van der Waals surface area contributed by atoms with E-state index in [4.69, 9.17) is 0 Å². The molecule has 0 unspecified atom stereocenters. The number of halogens is 1. The van der Waals surface area contributed by atoms with E-state index in [0.29, 0.717) is 6.42 Å². The first-order valence-corrected chi connectivity index (χ1v) is 6.55. The Balaban J connectivity index is 2.34. The van der Waals surface area contributed by atoms with Gasteiger partial charge in [0, 0.05) is 22.3 Å². The van der Waals surface area contributed by atoms with Gasteiger partial charge in [-0.15, -0.1) is 0 Å². The summed E-state index contributed by atoms with van der Waals surface area (Å²) < 4.78 is 1.07. The van der Waals surface area contributed by atoms with Gasteiger partial charge in [-0.1, -0.05) is 40.2 Å². The SMILES string of the molecule is Cc1c(Br)cccc1Nc1ccccc1CC=O. The third kappa shape index (κ3) is 2.79. The zero-order valence-corrected chi connectivity index (χ0v) is 11.7. The molecule has 2 aromatic carbocycles. The van der Waals surface area contributed by atoms with Crippen LogP contribution in [0.5, 0.6) is 0 Å². The number of carbonyl (C=O) groups is 1. The standard InChI is InChI=1S/C15H14BrNO/c1-11-13(16)6-4-8-14(11)17-15-7-3-2-5-12(15)9-10-18/h2-8,10,17H,9H2,1H3. The van der Waals surface area contributed by atoms with E-state index < -0.39 is 0 Å². The summed E-state index contributed by atoms with van der Waals surface area (Å²) in [7, 11) is 0. The van der Waals surface area contributed by atoms with Gasteiger partial charge in [-0.2, -0.15) is 0 Å². The van der Waals surface area contributed by atoms with Gasteiger partial charge in [0.2, 0.25) is 0 Å². The molecule has 2 nitrogen and oxygen atoms in total. The number of benzene rings is 2. The van der Waals surface area contributed by atoms with Crippen molar-refractivity contribution in [3.63, 3.8) is 0 Å². The maximum Gasteiger partial charge on any atom is 0.124 e. The lowest BCUT2D eigenvalue weighted by atomic mass is 10.1. The Morgan fingerprint density at radius 3 is 2.61 bits per heavy atom. The highest BCUT2D eigenvalue weighted by Crippen LogP contribution is 2.27. The molecule has 0 radical (unpaired) electrons. The monoisotopic (exact) mass is 303 g/mol. The van der Waals surface area contributed by atoms with E-state index in [1.54, 1.807) is 0 Å². The molecule has 2 rings (SSSR count). The molecule has 0 heterocycles. The summed E-state index contributed by atoms with van der Waals surface area (Å²) in [5.74, 6) is 0. The van der Waals surface area contributed by atoms with Crippen LogP contribution in [-0.4, -0.2) is 6.29 Å². The number of anilines is 2. The summed E-state index contributed by atoms with van der Waals surface area (Å²) >= 11 is 3.51. The van der Waals surface area contributed by atoms with Crippen molar-refractivity contribution in [3.8, 4) is 0 Å². The second-order valence-corrected chi connectivity index (χ2v) is 4.92. The molecule has 18 heavy (non-hydrogen) atoms. The fourth-order valence-electron chi connectivity index (χ4n) is 1.80. The Hall–Kier alpha value is -1.61. The highest BCUT2D eigenvalue weighted by atomic mass is 79.9. The summed E-state index contributed by atoms with van der Waals surface area (Å²) in [6.07, 6.45) is 1.35. The molecule has 1 N–H and O–H groups in total. The predicted molar refractivity (Wildman–Crippen MR) is 78.4 cm³/mol. The molecule has 0 aromatic heterocycles. The van der Waals surface area contributed by atoms with Crippen molar-refractivity contribution >= 4 is 33.6 Å². The minimum Gasteiger partial charge on any atom is -0.355 e. The molecule has 0 atom stereocenters. The zero-order valence-electron chi connectivity index (χ0n) is 10.1. The molecule has 0 saturated heterocycles. The van der Waals surface area contributed by atoms with Crippen molar-refractivity contribution in [1.29, 1.82) is 0 Å². The fourth-order valence-corrected chi connectivity index (χ4v) is 2.16. The summed E-state index contributed by atoms with van der Waals surface area (Å²) in [5.41, 5.74) is 4.18. The fraction of sp³-hybridized carbons (Fsp3) is 0.133. The van der Waals surface area contributed by atoms with Crippen molar-refractivity contribution in [1.82, 2.24) is 0 Å². The van der Waals surface area contributed by atoms with Crippen molar-refractivity contribution in [3.05, 3.63) is 58.1 Å². The largest absolute Gasteiger partial charge is 0.355 e. The minimum atomic E-state index is 0.427. The Morgan fingerprint density at radius 1 is 1.11 bits per heavy atom. The molecule has 0 fully saturated rings. The lowest BCUT2D eigenvalue weighted by molar-refractivity contribution is -0.107. The van der Waals surface area contributed by atoms with E-state index >= 15 is 0 Å². The van der Waals surface area contributed by atoms with Crippen LogP contribution in [0, 0.1) is 6.92 Å². The molecule has 0 bridgehead atoms. The Kier molecular flexibility index (Phi) is 4.15. The van der Waals surface area contributed by atoms with E-state index in [2.05, 4.69) is 28.2 Å². The molecule has 0 aliphatic carbocycles. The molecular weight excluding hydrogens is 290 g/mol. The van der Waals surface area contributed by atoms with Crippen LogP contribution in [-0.2, 0) is 11.2 Å². The van der Waals surface area contributed by atoms with Crippen LogP contribution in [0.3, 0.4) is 0 Å². The molecule has 0 spiro atoms. The lowest BCUT2D eigenvalue weighted by Crippen LogP contribution is -1.98. The smallest absolute Gasteiger partial charge is 0.124 e. The molecule has 0 saturated carbocycles. The third-order valence-corrected chi connectivity index (χ3v) is 3.72. The van der Waals surface area contributed by atoms with E-state index in [9.17, 15) is 4.79 Å². The molecule has 2 aromatic rings. The molecular formula is C15H14BrNO. The van der Waals surface area contributed by atoms with Crippen LogP contribution in [0.2, 0.25) is 0 Å². The van der Waals surface area contributed by atoms with Gasteiger partial charge < -0.3 is 10.1 Å². The maximum absolute atomic E-state index is 10.7. The van der Waals surface area contributed by atoms with Crippen LogP contribution in [0.4, 0.5) is 11.4 Å². The third-order valence-electron chi connectivity index (χ3n) is 2.86. The van der Waals surface area contributed by atoms with E-state index in [1.165, 1.54) is 0 Å². The average Bonchev–Trinajstić information content (AvgIpc) is 2.37. The van der Waals surface area contributed by atoms with Crippen molar-refractivity contribution in [2.45, 2.75) is 13.3 Å². The number of hydrogen-bond donors (Lipinski definition) is 1. The number of carbonyl (C=O) groups excluding carboxylic acids is 1. The number of aldehydes is 1. The highest BCUT2D eigenvalue weighted by molar-refractivity contribution is 9.10. The summed E-state index contributed by atoms with van der Waals surface area (Å²) in [4.78, 5) is 10.7. The van der Waals surface area contributed by atoms with Gasteiger partial charge >= 0.3 is 0 Å². The van der Waals surface area contributed by atoms with Crippen LogP contribution < -0.4 is 5.32 Å². The number of rotatable bonds is 4. The van der Waals surface area contributed by atoms with Gasteiger partial charge in [0.05, 0.1) is 0 Å². The topological polar surface area (TPSA) is 29.1 Å². The van der Waals surface area contributed by atoms with Gasteiger partial charge in [0.25, 0.3) is 0 Å². The second-order valence-electron chi connectivity index (χ2n) is 4.07. The molecule has 3 heteroatoms. The lowest BCUT2D eigenvalue weighted by Gasteiger charge is -2.13. The van der Waals surface area contributed by atoms with E-state index in [-0.39, 0.29) is 0 Å². The zero-order chi connectivity index (χ0) is 13.0. The Labute approximate surface area is 115 Å².